The monoisotopic (exact) mass is 340 g/mol. The van der Waals surface area contributed by atoms with Crippen molar-refractivity contribution < 1.29 is 14.6 Å². The topological polar surface area (TPSA) is 38.7 Å². The third-order valence-electron chi connectivity index (χ3n) is 2.48. The van der Waals surface area contributed by atoms with E-state index in [1.54, 1.807) is 25.1 Å². The number of rotatable bonds is 2. The number of hydrogen-bond acceptors (Lipinski definition) is 3. The van der Waals surface area contributed by atoms with Gasteiger partial charge in [-0.05, 0) is 19.1 Å². The zero-order valence-electron chi connectivity index (χ0n) is 9.04. The molecular weight excluding hydrogens is 331 g/mol. The van der Waals surface area contributed by atoms with Crippen molar-refractivity contribution in [2.45, 2.75) is 18.5 Å². The molecule has 1 aromatic rings. The standard InChI is InChI=1S/C11H11BrCl2O3/c1-10(15)6-16-11(5-12,17-10)8-3-2-7(13)4-9(8)14/h2-4,15H,5-6H2,1H3. The van der Waals surface area contributed by atoms with Crippen LogP contribution in [0.5, 0.6) is 0 Å². The highest BCUT2D eigenvalue weighted by atomic mass is 79.9. The molecule has 3 nitrogen and oxygen atoms in total. The van der Waals surface area contributed by atoms with E-state index in [0.717, 1.165) is 0 Å². The van der Waals surface area contributed by atoms with E-state index < -0.39 is 11.6 Å². The van der Waals surface area contributed by atoms with Crippen LogP contribution in [-0.2, 0) is 15.3 Å². The normalized spacial score (nSPS) is 33.0. The fourth-order valence-corrected chi connectivity index (χ4v) is 2.86. The molecule has 94 valence electrons. The Balaban J connectivity index is 2.43. The molecule has 0 aliphatic carbocycles. The molecule has 6 heteroatoms. The Bertz CT molecular complexity index is 439. The van der Waals surface area contributed by atoms with Crippen LogP contribution in [0.25, 0.3) is 0 Å². The van der Waals surface area contributed by atoms with Gasteiger partial charge in [0.2, 0.25) is 5.79 Å². The van der Waals surface area contributed by atoms with Crippen molar-refractivity contribution in [2.24, 2.45) is 0 Å². The zero-order valence-corrected chi connectivity index (χ0v) is 12.1. The summed E-state index contributed by atoms with van der Waals surface area (Å²) in [7, 11) is 0. The predicted octanol–water partition coefficient (Wildman–Crippen LogP) is 3.30. The van der Waals surface area contributed by atoms with Crippen molar-refractivity contribution in [3.8, 4) is 0 Å². The first kappa shape index (κ1) is 13.6. The maximum atomic E-state index is 9.83. The van der Waals surface area contributed by atoms with Crippen LogP contribution in [0, 0.1) is 0 Å². The van der Waals surface area contributed by atoms with Crippen molar-refractivity contribution in [1.82, 2.24) is 0 Å². The quantitative estimate of drug-likeness (QED) is 0.839. The fourth-order valence-electron chi connectivity index (χ4n) is 1.73. The van der Waals surface area contributed by atoms with Crippen molar-refractivity contribution in [2.75, 3.05) is 11.9 Å². The molecule has 0 radical (unpaired) electrons. The summed E-state index contributed by atoms with van der Waals surface area (Å²) in [6.45, 7) is 1.62. The van der Waals surface area contributed by atoms with Crippen molar-refractivity contribution in [3.05, 3.63) is 33.8 Å². The van der Waals surface area contributed by atoms with E-state index >= 15 is 0 Å². The Morgan fingerprint density at radius 2 is 2.18 bits per heavy atom. The van der Waals surface area contributed by atoms with Crippen LogP contribution in [0.1, 0.15) is 12.5 Å². The number of aliphatic hydroxyl groups is 1. The second-order valence-electron chi connectivity index (χ2n) is 4.08. The number of halogens is 3. The first-order valence-electron chi connectivity index (χ1n) is 4.97. The average Bonchev–Trinajstić information content (AvgIpc) is 2.55. The number of ether oxygens (including phenoxy) is 2. The van der Waals surface area contributed by atoms with E-state index in [2.05, 4.69) is 15.9 Å². The lowest BCUT2D eigenvalue weighted by molar-refractivity contribution is -0.232. The van der Waals surface area contributed by atoms with Gasteiger partial charge in [-0.3, -0.25) is 0 Å². The van der Waals surface area contributed by atoms with Crippen molar-refractivity contribution >= 4 is 39.1 Å². The first-order valence-corrected chi connectivity index (χ1v) is 6.84. The Labute approximate surface area is 118 Å². The van der Waals surface area contributed by atoms with Crippen LogP contribution >= 0.6 is 39.1 Å². The van der Waals surface area contributed by atoms with Gasteiger partial charge in [-0.25, -0.2) is 0 Å². The summed E-state index contributed by atoms with van der Waals surface area (Å²) < 4.78 is 11.1. The van der Waals surface area contributed by atoms with Crippen LogP contribution in [0.4, 0.5) is 0 Å². The largest absolute Gasteiger partial charge is 0.364 e. The van der Waals surface area contributed by atoms with E-state index in [0.29, 0.717) is 20.9 Å². The van der Waals surface area contributed by atoms with Gasteiger partial charge in [0.1, 0.15) is 6.61 Å². The van der Waals surface area contributed by atoms with E-state index in [1.165, 1.54) is 0 Å². The minimum absolute atomic E-state index is 0.0809. The highest BCUT2D eigenvalue weighted by Gasteiger charge is 2.48. The zero-order chi connectivity index (χ0) is 12.7. The molecule has 0 saturated carbocycles. The van der Waals surface area contributed by atoms with Crippen LogP contribution in [-0.4, -0.2) is 22.8 Å². The molecule has 1 fully saturated rings. The Hall–Kier alpha value is 0.160. The molecule has 2 unspecified atom stereocenters. The van der Waals surface area contributed by atoms with Gasteiger partial charge < -0.3 is 14.6 Å². The molecule has 2 rings (SSSR count). The summed E-state index contributed by atoms with van der Waals surface area (Å²) in [4.78, 5) is 0. The molecule has 1 aliphatic rings. The number of alkyl halides is 1. The van der Waals surface area contributed by atoms with E-state index in [1.807, 2.05) is 0 Å². The third kappa shape index (κ3) is 2.62. The molecule has 1 saturated heterocycles. The number of hydrogen-bond donors (Lipinski definition) is 1. The first-order chi connectivity index (χ1) is 7.88. The minimum atomic E-state index is -1.32. The maximum Gasteiger partial charge on any atom is 0.209 e. The SMILES string of the molecule is CC1(O)COC(CBr)(c2ccc(Cl)cc2Cl)O1. The molecule has 2 atom stereocenters. The molecule has 0 amide bonds. The summed E-state index contributed by atoms with van der Waals surface area (Å²) >= 11 is 15.3. The van der Waals surface area contributed by atoms with Crippen molar-refractivity contribution in [1.29, 1.82) is 0 Å². The molecule has 0 aromatic heterocycles. The predicted molar refractivity (Wildman–Crippen MR) is 69.6 cm³/mol. The second kappa shape index (κ2) is 4.68. The van der Waals surface area contributed by atoms with Crippen LogP contribution in [0.2, 0.25) is 10.0 Å². The lowest BCUT2D eigenvalue weighted by atomic mass is 10.1. The Morgan fingerprint density at radius 1 is 1.47 bits per heavy atom. The lowest BCUT2D eigenvalue weighted by Gasteiger charge is -2.28. The maximum absolute atomic E-state index is 9.83. The highest BCUT2D eigenvalue weighted by molar-refractivity contribution is 9.09. The van der Waals surface area contributed by atoms with Gasteiger partial charge in [0.05, 0.1) is 10.4 Å². The molecular formula is C11H11BrCl2O3. The minimum Gasteiger partial charge on any atom is -0.364 e. The Morgan fingerprint density at radius 3 is 2.65 bits per heavy atom. The van der Waals surface area contributed by atoms with Crippen LogP contribution < -0.4 is 0 Å². The smallest absolute Gasteiger partial charge is 0.209 e. The van der Waals surface area contributed by atoms with Gasteiger partial charge in [-0.15, -0.1) is 0 Å². The summed E-state index contributed by atoms with van der Waals surface area (Å²) in [5.41, 5.74) is 0.637. The molecule has 0 spiro atoms. The average molecular weight is 342 g/mol. The Kier molecular flexibility index (Phi) is 3.74. The molecule has 17 heavy (non-hydrogen) atoms. The summed E-state index contributed by atoms with van der Waals surface area (Å²) in [5.74, 6) is -2.40. The van der Waals surface area contributed by atoms with E-state index in [9.17, 15) is 5.11 Å². The van der Waals surface area contributed by atoms with Gasteiger partial charge in [0, 0.05) is 10.6 Å². The summed E-state index contributed by atoms with van der Waals surface area (Å²) in [6.07, 6.45) is 0. The molecule has 1 aliphatic heterocycles. The van der Waals surface area contributed by atoms with E-state index in [4.69, 9.17) is 32.7 Å². The third-order valence-corrected chi connectivity index (χ3v) is 3.76. The van der Waals surface area contributed by atoms with E-state index in [-0.39, 0.29) is 6.61 Å². The van der Waals surface area contributed by atoms with Gasteiger partial charge in [-0.2, -0.15) is 0 Å². The fraction of sp³-hybridized carbons (Fsp3) is 0.455. The lowest BCUT2D eigenvalue weighted by Crippen LogP contribution is -2.34. The van der Waals surface area contributed by atoms with Crippen LogP contribution in [0.3, 0.4) is 0 Å². The van der Waals surface area contributed by atoms with Gasteiger partial charge in [-0.1, -0.05) is 45.2 Å². The second-order valence-corrected chi connectivity index (χ2v) is 5.48. The number of benzene rings is 1. The summed E-state index contributed by atoms with van der Waals surface area (Å²) in [5, 5.41) is 11.2. The molecule has 0 bridgehead atoms. The molecule has 1 heterocycles. The van der Waals surface area contributed by atoms with Gasteiger partial charge in [0.25, 0.3) is 0 Å². The van der Waals surface area contributed by atoms with Crippen LogP contribution in [0.15, 0.2) is 18.2 Å². The molecule has 1 aromatic carbocycles. The van der Waals surface area contributed by atoms with Gasteiger partial charge in [0.15, 0.2) is 5.79 Å². The van der Waals surface area contributed by atoms with Crippen molar-refractivity contribution in [3.63, 3.8) is 0 Å². The summed E-state index contributed by atoms with van der Waals surface area (Å²) in [6, 6.07) is 5.04. The highest BCUT2D eigenvalue weighted by Crippen LogP contribution is 2.42. The van der Waals surface area contributed by atoms with Gasteiger partial charge >= 0.3 is 0 Å². The molecule has 1 N–H and O–H groups in total.